The Hall–Kier alpha value is -3.02. The third-order valence-corrected chi connectivity index (χ3v) is 3.88. The zero-order chi connectivity index (χ0) is 15.1. The minimum Gasteiger partial charge on any atom is -0.345 e. The molecule has 4 rings (SSSR count). The van der Waals surface area contributed by atoms with Crippen LogP contribution in [0.1, 0.15) is 38.7 Å². The van der Waals surface area contributed by atoms with Crippen LogP contribution >= 0.6 is 0 Å². The SMILES string of the molecule is O=C(NC1CC(=O)c2ccccc21)c1cnc2[nH]ncc2c1. The lowest BCUT2D eigenvalue weighted by atomic mass is 10.1. The quantitative estimate of drug-likeness (QED) is 0.756. The Morgan fingerprint density at radius 3 is 3.05 bits per heavy atom. The maximum Gasteiger partial charge on any atom is 0.253 e. The first-order valence-corrected chi connectivity index (χ1v) is 6.94. The molecule has 108 valence electrons. The number of aromatic amines is 1. The zero-order valence-electron chi connectivity index (χ0n) is 11.5. The molecule has 6 heteroatoms. The normalized spacial score (nSPS) is 16.7. The fourth-order valence-corrected chi connectivity index (χ4v) is 2.79. The molecule has 0 aliphatic heterocycles. The Morgan fingerprint density at radius 2 is 2.14 bits per heavy atom. The fourth-order valence-electron chi connectivity index (χ4n) is 2.79. The standard InChI is InChI=1S/C16H12N4O2/c21-14-6-13(11-3-1-2-4-12(11)14)19-16(22)10-5-9-8-18-20-15(9)17-7-10/h1-5,7-8,13H,6H2,(H,19,22)(H,17,18,20). The van der Waals surface area contributed by atoms with E-state index < -0.39 is 0 Å². The van der Waals surface area contributed by atoms with E-state index in [2.05, 4.69) is 20.5 Å². The summed E-state index contributed by atoms with van der Waals surface area (Å²) in [6.45, 7) is 0. The summed E-state index contributed by atoms with van der Waals surface area (Å²) in [4.78, 5) is 28.5. The molecule has 3 aromatic rings. The van der Waals surface area contributed by atoms with Gasteiger partial charge in [0.15, 0.2) is 11.4 Å². The number of ketones is 1. The summed E-state index contributed by atoms with van der Waals surface area (Å²) in [5, 5.41) is 10.3. The summed E-state index contributed by atoms with van der Waals surface area (Å²) in [5.41, 5.74) is 2.65. The van der Waals surface area contributed by atoms with Crippen LogP contribution in [0.2, 0.25) is 0 Å². The number of pyridine rings is 1. The molecule has 0 fully saturated rings. The maximum atomic E-state index is 12.4. The van der Waals surface area contributed by atoms with Crippen molar-refractivity contribution in [3.05, 3.63) is 59.4 Å². The molecule has 2 aromatic heterocycles. The molecule has 1 unspecified atom stereocenters. The highest BCUT2D eigenvalue weighted by Gasteiger charge is 2.30. The van der Waals surface area contributed by atoms with Crippen LogP contribution in [0.15, 0.2) is 42.7 Å². The van der Waals surface area contributed by atoms with Crippen LogP contribution in [0.5, 0.6) is 0 Å². The van der Waals surface area contributed by atoms with E-state index >= 15 is 0 Å². The van der Waals surface area contributed by atoms with E-state index in [9.17, 15) is 9.59 Å². The van der Waals surface area contributed by atoms with Crippen molar-refractivity contribution in [3.63, 3.8) is 0 Å². The van der Waals surface area contributed by atoms with Gasteiger partial charge >= 0.3 is 0 Å². The zero-order valence-corrected chi connectivity index (χ0v) is 11.5. The van der Waals surface area contributed by atoms with Gasteiger partial charge in [0, 0.05) is 23.6 Å². The maximum absolute atomic E-state index is 12.4. The van der Waals surface area contributed by atoms with Gasteiger partial charge in [-0.3, -0.25) is 14.7 Å². The van der Waals surface area contributed by atoms with E-state index in [4.69, 9.17) is 0 Å². The van der Waals surface area contributed by atoms with Crippen LogP contribution < -0.4 is 5.32 Å². The van der Waals surface area contributed by atoms with Crippen molar-refractivity contribution < 1.29 is 9.59 Å². The molecule has 0 saturated heterocycles. The highest BCUT2D eigenvalue weighted by molar-refractivity contribution is 6.03. The molecule has 22 heavy (non-hydrogen) atoms. The topological polar surface area (TPSA) is 87.7 Å². The van der Waals surface area contributed by atoms with Crippen molar-refractivity contribution in [2.45, 2.75) is 12.5 Å². The second kappa shape index (κ2) is 4.77. The Morgan fingerprint density at radius 1 is 1.27 bits per heavy atom. The van der Waals surface area contributed by atoms with E-state index in [0.29, 0.717) is 23.2 Å². The largest absolute Gasteiger partial charge is 0.345 e. The predicted molar refractivity (Wildman–Crippen MR) is 79.5 cm³/mol. The van der Waals surface area contributed by atoms with Gasteiger partial charge in [-0.25, -0.2) is 4.98 Å². The second-order valence-electron chi connectivity index (χ2n) is 5.27. The average molecular weight is 292 g/mol. The van der Waals surface area contributed by atoms with E-state index in [0.717, 1.165) is 10.9 Å². The molecule has 2 N–H and O–H groups in total. The number of benzene rings is 1. The van der Waals surface area contributed by atoms with Gasteiger partial charge in [0.25, 0.3) is 5.91 Å². The van der Waals surface area contributed by atoms with E-state index in [1.165, 1.54) is 6.20 Å². The molecule has 0 spiro atoms. The number of hydrogen-bond acceptors (Lipinski definition) is 4. The van der Waals surface area contributed by atoms with Crippen LogP contribution in [-0.4, -0.2) is 26.9 Å². The summed E-state index contributed by atoms with van der Waals surface area (Å²) in [7, 11) is 0. The number of carbonyl (C=O) groups excluding carboxylic acids is 2. The van der Waals surface area contributed by atoms with Crippen molar-refractivity contribution in [2.24, 2.45) is 0 Å². The Bertz CT molecular complexity index is 900. The molecular weight excluding hydrogens is 280 g/mol. The van der Waals surface area contributed by atoms with Crippen molar-refractivity contribution in [1.82, 2.24) is 20.5 Å². The van der Waals surface area contributed by atoms with Crippen LogP contribution in [0, 0.1) is 0 Å². The van der Waals surface area contributed by atoms with Gasteiger partial charge in [-0.05, 0) is 11.6 Å². The molecule has 1 aliphatic rings. The lowest BCUT2D eigenvalue weighted by Crippen LogP contribution is -2.27. The highest BCUT2D eigenvalue weighted by Crippen LogP contribution is 2.30. The van der Waals surface area contributed by atoms with E-state index in [1.54, 1.807) is 18.3 Å². The molecule has 1 aromatic carbocycles. The molecule has 2 heterocycles. The van der Waals surface area contributed by atoms with Gasteiger partial charge in [-0.1, -0.05) is 24.3 Å². The molecule has 0 radical (unpaired) electrons. The molecule has 1 aliphatic carbocycles. The van der Waals surface area contributed by atoms with Crippen molar-refractivity contribution >= 4 is 22.7 Å². The van der Waals surface area contributed by atoms with Crippen LogP contribution in [0.4, 0.5) is 0 Å². The van der Waals surface area contributed by atoms with E-state index in [-0.39, 0.29) is 17.7 Å². The van der Waals surface area contributed by atoms with Crippen LogP contribution in [0.25, 0.3) is 11.0 Å². The number of amides is 1. The number of Topliss-reactive ketones (excluding diaryl/α,β-unsaturated/α-hetero) is 1. The number of nitrogens with one attached hydrogen (secondary N) is 2. The first-order chi connectivity index (χ1) is 10.7. The number of H-pyrrole nitrogens is 1. The predicted octanol–water partition coefficient (Wildman–Crippen LogP) is 2.02. The summed E-state index contributed by atoms with van der Waals surface area (Å²) in [5.74, 6) is -0.186. The molecule has 6 nitrogen and oxygen atoms in total. The number of aromatic nitrogens is 3. The molecular formula is C16H12N4O2. The summed E-state index contributed by atoms with van der Waals surface area (Å²) in [6.07, 6.45) is 3.42. The van der Waals surface area contributed by atoms with Gasteiger partial charge in [0.05, 0.1) is 17.8 Å². The second-order valence-corrected chi connectivity index (χ2v) is 5.27. The average Bonchev–Trinajstić information content (AvgIpc) is 3.12. The molecule has 0 saturated carbocycles. The van der Waals surface area contributed by atoms with Gasteiger partial charge < -0.3 is 5.32 Å². The molecule has 0 bridgehead atoms. The Kier molecular flexibility index (Phi) is 2.75. The Balaban J connectivity index is 1.61. The van der Waals surface area contributed by atoms with Gasteiger partial charge in [-0.15, -0.1) is 0 Å². The third kappa shape index (κ3) is 1.96. The number of hydrogen-bond donors (Lipinski definition) is 2. The number of rotatable bonds is 2. The monoisotopic (exact) mass is 292 g/mol. The van der Waals surface area contributed by atoms with Crippen LogP contribution in [-0.2, 0) is 0 Å². The number of carbonyl (C=O) groups is 2. The van der Waals surface area contributed by atoms with Gasteiger partial charge in [0.2, 0.25) is 0 Å². The summed E-state index contributed by atoms with van der Waals surface area (Å²) in [6, 6.07) is 8.82. The van der Waals surface area contributed by atoms with Crippen LogP contribution in [0.3, 0.4) is 0 Å². The van der Waals surface area contributed by atoms with Gasteiger partial charge in [0.1, 0.15) is 0 Å². The fraction of sp³-hybridized carbons (Fsp3) is 0.125. The lowest BCUT2D eigenvalue weighted by molar-refractivity contribution is 0.0925. The summed E-state index contributed by atoms with van der Waals surface area (Å²) < 4.78 is 0. The minimum atomic E-state index is -0.281. The first kappa shape index (κ1) is 12.7. The van der Waals surface area contributed by atoms with Crippen molar-refractivity contribution in [1.29, 1.82) is 0 Å². The first-order valence-electron chi connectivity index (χ1n) is 6.94. The van der Waals surface area contributed by atoms with Crippen molar-refractivity contribution in [3.8, 4) is 0 Å². The van der Waals surface area contributed by atoms with Gasteiger partial charge in [-0.2, -0.15) is 5.10 Å². The number of fused-ring (bicyclic) bond motifs is 2. The Labute approximate surface area is 125 Å². The highest BCUT2D eigenvalue weighted by atomic mass is 16.2. The lowest BCUT2D eigenvalue weighted by Gasteiger charge is -2.13. The number of nitrogens with zero attached hydrogens (tertiary/aromatic N) is 2. The summed E-state index contributed by atoms with van der Waals surface area (Å²) >= 11 is 0. The molecule has 1 atom stereocenters. The van der Waals surface area contributed by atoms with Crippen molar-refractivity contribution in [2.75, 3.05) is 0 Å². The minimum absolute atomic E-state index is 0.0595. The van der Waals surface area contributed by atoms with E-state index in [1.807, 2.05) is 18.2 Å². The third-order valence-electron chi connectivity index (χ3n) is 3.88. The molecule has 1 amide bonds. The smallest absolute Gasteiger partial charge is 0.253 e.